The van der Waals surface area contributed by atoms with Gasteiger partial charge in [0.05, 0.1) is 17.9 Å². The van der Waals surface area contributed by atoms with Crippen molar-refractivity contribution in [1.29, 1.82) is 0 Å². The highest BCUT2D eigenvalue weighted by atomic mass is 19.4. The van der Waals surface area contributed by atoms with Crippen LogP contribution in [0.2, 0.25) is 0 Å². The summed E-state index contributed by atoms with van der Waals surface area (Å²) < 4.78 is 46.5. The molecule has 2 rings (SSSR count). The molecule has 9 heteroatoms. The third-order valence-corrected chi connectivity index (χ3v) is 3.39. The molecule has 0 spiro atoms. The summed E-state index contributed by atoms with van der Waals surface area (Å²) >= 11 is 0. The number of para-hydroxylation sites is 2. The summed E-state index contributed by atoms with van der Waals surface area (Å²) in [6, 6.07) is 5.59. The third-order valence-electron chi connectivity index (χ3n) is 3.39. The Balaban J connectivity index is 2.14. The van der Waals surface area contributed by atoms with Crippen molar-refractivity contribution in [2.45, 2.75) is 39.6 Å². The van der Waals surface area contributed by atoms with Crippen molar-refractivity contribution in [2.75, 3.05) is 5.32 Å². The van der Waals surface area contributed by atoms with Crippen LogP contribution in [0, 0.1) is 0 Å². The summed E-state index contributed by atoms with van der Waals surface area (Å²) in [4.78, 5) is 4.16. The first-order chi connectivity index (χ1) is 11.8. The summed E-state index contributed by atoms with van der Waals surface area (Å²) in [6.07, 6.45) is -3.45. The minimum absolute atomic E-state index is 0.0384. The van der Waals surface area contributed by atoms with E-state index in [0.717, 1.165) is 11.3 Å². The average Bonchev–Trinajstić information content (AvgIpc) is 2.95. The van der Waals surface area contributed by atoms with Gasteiger partial charge in [-0.25, -0.2) is 4.99 Å². The van der Waals surface area contributed by atoms with Crippen LogP contribution in [0.1, 0.15) is 30.9 Å². The van der Waals surface area contributed by atoms with Crippen LogP contribution in [0.15, 0.2) is 33.8 Å². The minimum Gasteiger partial charge on any atom is -0.404 e. The van der Waals surface area contributed by atoms with Crippen molar-refractivity contribution < 1.29 is 22.4 Å². The van der Waals surface area contributed by atoms with Crippen LogP contribution in [-0.2, 0) is 19.4 Å². The first kappa shape index (κ1) is 18.6. The predicted molar refractivity (Wildman–Crippen MR) is 87.3 cm³/mol. The monoisotopic (exact) mass is 356 g/mol. The van der Waals surface area contributed by atoms with Gasteiger partial charge in [0.15, 0.2) is 11.7 Å². The molecule has 0 unspecified atom stereocenters. The number of guanidine groups is 1. The number of aryl methyl sites for hydroxylation is 2. The number of ether oxygens (including phenoxy) is 1. The molecule has 0 saturated carbocycles. The number of aromatic nitrogens is 1. The third kappa shape index (κ3) is 5.13. The van der Waals surface area contributed by atoms with Crippen LogP contribution < -0.4 is 15.8 Å². The molecule has 0 aliphatic rings. The molecule has 0 radical (unpaired) electrons. The molecular weight excluding hydrogens is 337 g/mol. The molecule has 0 amide bonds. The Labute approximate surface area is 142 Å². The predicted octanol–water partition coefficient (Wildman–Crippen LogP) is 3.62. The fourth-order valence-electron chi connectivity index (χ4n) is 2.24. The van der Waals surface area contributed by atoms with E-state index in [4.69, 9.17) is 10.3 Å². The van der Waals surface area contributed by atoms with Crippen molar-refractivity contribution in [1.82, 2.24) is 5.16 Å². The van der Waals surface area contributed by atoms with Crippen LogP contribution in [0.25, 0.3) is 0 Å². The number of alkyl halides is 3. The second-order valence-corrected chi connectivity index (χ2v) is 5.11. The SMILES string of the molecule is CCc1noc(CC)c1CN=C(N)Nc1ccccc1OC(F)(F)F. The highest BCUT2D eigenvalue weighted by Gasteiger charge is 2.32. The van der Waals surface area contributed by atoms with Gasteiger partial charge >= 0.3 is 6.36 Å². The number of nitrogens with zero attached hydrogens (tertiary/aromatic N) is 2. The van der Waals surface area contributed by atoms with E-state index in [1.165, 1.54) is 18.2 Å². The Bertz CT molecular complexity index is 720. The van der Waals surface area contributed by atoms with Gasteiger partial charge in [0.2, 0.25) is 0 Å². The fraction of sp³-hybridized carbons (Fsp3) is 0.375. The van der Waals surface area contributed by atoms with E-state index in [0.29, 0.717) is 18.6 Å². The summed E-state index contributed by atoms with van der Waals surface area (Å²) in [5, 5.41) is 6.59. The molecule has 136 valence electrons. The maximum Gasteiger partial charge on any atom is 0.573 e. The number of rotatable bonds is 6. The Kier molecular flexibility index (Phi) is 5.89. The molecule has 0 aliphatic carbocycles. The van der Waals surface area contributed by atoms with E-state index < -0.39 is 6.36 Å². The normalized spacial score (nSPS) is 12.3. The van der Waals surface area contributed by atoms with Crippen LogP contribution >= 0.6 is 0 Å². The highest BCUT2D eigenvalue weighted by molar-refractivity contribution is 5.93. The minimum atomic E-state index is -4.79. The number of benzene rings is 1. The summed E-state index contributed by atoms with van der Waals surface area (Å²) in [5.74, 6) is 0.291. The van der Waals surface area contributed by atoms with Gasteiger partial charge in [-0.3, -0.25) is 0 Å². The molecule has 0 aliphatic heterocycles. The Morgan fingerprint density at radius 3 is 2.64 bits per heavy atom. The van der Waals surface area contributed by atoms with E-state index in [1.54, 1.807) is 6.07 Å². The number of nitrogens with one attached hydrogen (secondary N) is 1. The zero-order valence-electron chi connectivity index (χ0n) is 13.9. The van der Waals surface area contributed by atoms with E-state index >= 15 is 0 Å². The number of nitrogens with two attached hydrogens (primary N) is 1. The van der Waals surface area contributed by atoms with Crippen molar-refractivity contribution in [3.63, 3.8) is 0 Å². The fourth-order valence-corrected chi connectivity index (χ4v) is 2.24. The summed E-state index contributed by atoms with van der Waals surface area (Å²) in [6.45, 7) is 4.09. The molecule has 25 heavy (non-hydrogen) atoms. The molecule has 1 aromatic carbocycles. The number of anilines is 1. The quantitative estimate of drug-likeness (QED) is 0.610. The Morgan fingerprint density at radius 2 is 2.00 bits per heavy atom. The van der Waals surface area contributed by atoms with Gasteiger partial charge in [-0.05, 0) is 18.6 Å². The van der Waals surface area contributed by atoms with E-state index in [1.807, 2.05) is 13.8 Å². The number of halogens is 3. The second-order valence-electron chi connectivity index (χ2n) is 5.11. The van der Waals surface area contributed by atoms with Crippen molar-refractivity contribution in [2.24, 2.45) is 10.7 Å². The first-order valence-corrected chi connectivity index (χ1v) is 7.72. The van der Waals surface area contributed by atoms with Gasteiger partial charge in [0.1, 0.15) is 5.76 Å². The molecule has 0 fully saturated rings. The van der Waals surface area contributed by atoms with Crippen molar-refractivity contribution in [3.05, 3.63) is 41.3 Å². The summed E-state index contributed by atoms with van der Waals surface area (Å²) in [7, 11) is 0. The molecule has 1 aromatic heterocycles. The lowest BCUT2D eigenvalue weighted by atomic mass is 10.1. The van der Waals surface area contributed by atoms with Crippen LogP contribution in [-0.4, -0.2) is 17.5 Å². The molecule has 3 N–H and O–H groups in total. The molecule has 6 nitrogen and oxygen atoms in total. The maximum atomic E-state index is 12.4. The molecule has 0 bridgehead atoms. The highest BCUT2D eigenvalue weighted by Crippen LogP contribution is 2.29. The van der Waals surface area contributed by atoms with E-state index in [-0.39, 0.29) is 23.9 Å². The Morgan fingerprint density at radius 1 is 1.28 bits per heavy atom. The van der Waals surface area contributed by atoms with E-state index in [9.17, 15) is 13.2 Å². The number of hydrogen-bond donors (Lipinski definition) is 2. The lowest BCUT2D eigenvalue weighted by molar-refractivity contribution is -0.274. The van der Waals surface area contributed by atoms with Gasteiger partial charge in [-0.2, -0.15) is 0 Å². The van der Waals surface area contributed by atoms with Gasteiger partial charge in [0.25, 0.3) is 0 Å². The van der Waals surface area contributed by atoms with Gasteiger partial charge in [-0.15, -0.1) is 13.2 Å². The second kappa shape index (κ2) is 7.91. The zero-order valence-corrected chi connectivity index (χ0v) is 13.9. The lowest BCUT2D eigenvalue weighted by Gasteiger charge is -2.14. The molecule has 2 aromatic rings. The van der Waals surface area contributed by atoms with Crippen molar-refractivity contribution in [3.8, 4) is 5.75 Å². The van der Waals surface area contributed by atoms with Gasteiger partial charge in [0, 0.05) is 12.0 Å². The topological polar surface area (TPSA) is 85.7 Å². The summed E-state index contributed by atoms with van der Waals surface area (Å²) in [5.41, 5.74) is 7.49. The smallest absolute Gasteiger partial charge is 0.404 e. The molecule has 0 saturated heterocycles. The van der Waals surface area contributed by atoms with Gasteiger partial charge < -0.3 is 20.3 Å². The lowest BCUT2D eigenvalue weighted by Crippen LogP contribution is -2.24. The molecule has 0 atom stereocenters. The maximum absolute atomic E-state index is 12.4. The number of hydrogen-bond acceptors (Lipinski definition) is 4. The van der Waals surface area contributed by atoms with Crippen LogP contribution in [0.4, 0.5) is 18.9 Å². The van der Waals surface area contributed by atoms with Gasteiger partial charge in [-0.1, -0.05) is 31.1 Å². The van der Waals surface area contributed by atoms with Crippen LogP contribution in [0.5, 0.6) is 5.75 Å². The van der Waals surface area contributed by atoms with E-state index in [2.05, 4.69) is 20.2 Å². The Hall–Kier alpha value is -2.71. The van der Waals surface area contributed by atoms with Crippen LogP contribution in [0.3, 0.4) is 0 Å². The zero-order chi connectivity index (χ0) is 18.4. The average molecular weight is 356 g/mol. The molecular formula is C16H19F3N4O2. The first-order valence-electron chi connectivity index (χ1n) is 7.72. The largest absolute Gasteiger partial charge is 0.573 e. The van der Waals surface area contributed by atoms with Crippen molar-refractivity contribution >= 4 is 11.6 Å². The standard InChI is InChI=1S/C16H19F3N4O2/c1-3-11-10(13(4-2)25-23-11)9-21-15(20)22-12-7-5-6-8-14(12)24-16(17,18)19/h5-8H,3-4,9H2,1-2H3,(H3,20,21,22). The number of aliphatic imine (C=N–C) groups is 1. The molecule has 1 heterocycles.